The molecular weight excluding hydrogens is 498 g/mol. The van der Waals surface area contributed by atoms with E-state index >= 15 is 0 Å². The maximum Gasteiger partial charge on any atom is 0.247 e. The number of rotatable bonds is 12. The number of hydrogen-bond donors (Lipinski definition) is 1. The van der Waals surface area contributed by atoms with Crippen LogP contribution in [-0.4, -0.2) is 91.9 Å². The second-order valence-electron chi connectivity index (χ2n) is 11.7. The van der Waals surface area contributed by atoms with E-state index in [-0.39, 0.29) is 41.5 Å². The Kier molecular flexibility index (Phi) is 9.34. The first-order chi connectivity index (χ1) is 18.3. The molecular formula is C30H47N3O4S. The van der Waals surface area contributed by atoms with Crippen molar-refractivity contribution in [3.8, 4) is 0 Å². The van der Waals surface area contributed by atoms with Crippen molar-refractivity contribution in [3.05, 3.63) is 25.3 Å². The summed E-state index contributed by atoms with van der Waals surface area (Å²) < 4.78 is -0.665. The smallest absolute Gasteiger partial charge is 0.247 e. The van der Waals surface area contributed by atoms with Crippen molar-refractivity contribution in [1.29, 1.82) is 0 Å². The molecule has 2 bridgehead atoms. The third kappa shape index (κ3) is 4.63. The molecule has 7 atom stereocenters. The lowest BCUT2D eigenvalue weighted by Crippen LogP contribution is -2.60. The summed E-state index contributed by atoms with van der Waals surface area (Å²) in [4.78, 5) is 48.7. The predicted octanol–water partition coefficient (Wildman–Crippen LogP) is 3.87. The highest BCUT2D eigenvalue weighted by Crippen LogP contribution is 2.69. The van der Waals surface area contributed by atoms with Crippen LogP contribution in [0.5, 0.6) is 0 Å². The van der Waals surface area contributed by atoms with Crippen LogP contribution in [0.2, 0.25) is 0 Å². The SMILES string of the molecule is C=CCN(CCC)C(=O)[C@@H]1[C@@H]2CC(C)C3(S2)C(C(=O)N(CC=C)C2CCCCC2)N([C@@H](CC)CO)C(=O)[C@H]13. The second kappa shape index (κ2) is 12.2. The van der Waals surface area contributed by atoms with E-state index in [1.165, 1.54) is 6.42 Å². The summed E-state index contributed by atoms with van der Waals surface area (Å²) in [6.07, 6.45) is 11.1. The number of nitrogens with zero attached hydrogens (tertiary/aromatic N) is 3. The molecule has 1 N–H and O–H groups in total. The largest absolute Gasteiger partial charge is 0.394 e. The van der Waals surface area contributed by atoms with E-state index in [1.54, 1.807) is 28.8 Å². The summed E-state index contributed by atoms with van der Waals surface area (Å²) in [5.41, 5.74) is 0. The van der Waals surface area contributed by atoms with Gasteiger partial charge in [0.2, 0.25) is 17.7 Å². The number of thioether (sulfide) groups is 1. The maximum atomic E-state index is 14.7. The quantitative estimate of drug-likeness (QED) is 0.377. The van der Waals surface area contributed by atoms with Crippen molar-refractivity contribution in [2.75, 3.05) is 26.2 Å². The van der Waals surface area contributed by atoms with Crippen LogP contribution in [0.4, 0.5) is 0 Å². The lowest BCUT2D eigenvalue weighted by molar-refractivity contribution is -0.148. The minimum Gasteiger partial charge on any atom is -0.394 e. The molecule has 3 unspecified atom stereocenters. The third-order valence-corrected chi connectivity index (χ3v) is 11.6. The highest BCUT2D eigenvalue weighted by molar-refractivity contribution is 8.02. The molecule has 8 heteroatoms. The van der Waals surface area contributed by atoms with E-state index in [1.807, 2.05) is 23.6 Å². The van der Waals surface area contributed by atoms with E-state index in [0.717, 1.165) is 38.5 Å². The van der Waals surface area contributed by atoms with Gasteiger partial charge in [-0.15, -0.1) is 24.9 Å². The number of aliphatic hydroxyl groups is 1. The van der Waals surface area contributed by atoms with Crippen molar-refractivity contribution >= 4 is 29.5 Å². The first-order valence-electron chi connectivity index (χ1n) is 14.7. The van der Waals surface area contributed by atoms with Gasteiger partial charge >= 0.3 is 0 Å². The van der Waals surface area contributed by atoms with Crippen molar-refractivity contribution in [3.63, 3.8) is 0 Å². The van der Waals surface area contributed by atoms with Crippen LogP contribution in [0.15, 0.2) is 25.3 Å². The Morgan fingerprint density at radius 1 is 1.16 bits per heavy atom. The molecule has 1 aliphatic carbocycles. The summed E-state index contributed by atoms with van der Waals surface area (Å²) in [5, 5.41) is 10.4. The molecule has 212 valence electrons. The Morgan fingerprint density at radius 2 is 1.84 bits per heavy atom. The topological polar surface area (TPSA) is 81.2 Å². The lowest BCUT2D eigenvalue weighted by Gasteiger charge is -2.44. The number of fused-ring (bicyclic) bond motifs is 1. The van der Waals surface area contributed by atoms with Crippen LogP contribution in [-0.2, 0) is 14.4 Å². The molecule has 4 fully saturated rings. The number of carbonyl (C=O) groups is 3. The van der Waals surface area contributed by atoms with Crippen molar-refractivity contribution in [1.82, 2.24) is 14.7 Å². The highest BCUT2D eigenvalue weighted by Gasteiger charge is 2.77. The zero-order valence-corrected chi connectivity index (χ0v) is 24.3. The number of hydrogen-bond acceptors (Lipinski definition) is 5. The van der Waals surface area contributed by atoms with Crippen LogP contribution >= 0.6 is 11.8 Å². The number of aliphatic hydroxyl groups excluding tert-OH is 1. The molecule has 0 radical (unpaired) electrons. The standard InChI is InChI=1S/C30H47N3O4S/c1-6-15-31(16-7-2)27(35)24-23-18-20(5)30(38-23)25(24)28(36)33(21(9-4)19-34)26(30)29(37)32(17-8-3)22-13-11-10-12-14-22/h6,8,20-26,34H,1,3,7,9-19H2,2,4-5H3/t20?,21-,23-,24+,25-,26?,30?/m0/s1. The molecule has 4 rings (SSSR count). The molecule has 7 nitrogen and oxygen atoms in total. The van der Waals surface area contributed by atoms with Gasteiger partial charge in [0, 0.05) is 30.9 Å². The fraction of sp³-hybridized carbons (Fsp3) is 0.767. The second-order valence-corrected chi connectivity index (χ2v) is 13.2. The molecule has 0 aromatic carbocycles. The molecule has 38 heavy (non-hydrogen) atoms. The Labute approximate surface area is 233 Å². The summed E-state index contributed by atoms with van der Waals surface area (Å²) in [6, 6.07) is -0.989. The molecule has 3 aliphatic heterocycles. The van der Waals surface area contributed by atoms with Crippen LogP contribution in [0.3, 0.4) is 0 Å². The van der Waals surface area contributed by atoms with E-state index in [9.17, 15) is 19.5 Å². The van der Waals surface area contributed by atoms with Gasteiger partial charge in [0.25, 0.3) is 0 Å². The molecule has 3 heterocycles. The number of carbonyl (C=O) groups excluding carboxylic acids is 3. The molecule has 0 aromatic rings. The third-order valence-electron chi connectivity index (χ3n) is 9.56. The minimum absolute atomic E-state index is 0.0108. The minimum atomic E-state index is -0.680. The van der Waals surface area contributed by atoms with Crippen LogP contribution < -0.4 is 0 Å². The van der Waals surface area contributed by atoms with E-state index in [4.69, 9.17) is 0 Å². The van der Waals surface area contributed by atoms with Gasteiger partial charge in [-0.2, -0.15) is 0 Å². The number of likely N-dealkylation sites (tertiary alicyclic amines) is 1. The zero-order chi connectivity index (χ0) is 27.6. The van der Waals surface area contributed by atoms with E-state index < -0.39 is 28.7 Å². The summed E-state index contributed by atoms with van der Waals surface area (Å²) in [6.45, 7) is 15.3. The first kappa shape index (κ1) is 29.2. The van der Waals surface area contributed by atoms with Gasteiger partial charge in [0.1, 0.15) is 6.04 Å². The molecule has 0 aromatic heterocycles. The lowest BCUT2D eigenvalue weighted by atomic mass is 9.65. The van der Waals surface area contributed by atoms with Gasteiger partial charge in [-0.3, -0.25) is 14.4 Å². The fourth-order valence-electron chi connectivity index (χ4n) is 7.86. The van der Waals surface area contributed by atoms with Crippen LogP contribution in [0, 0.1) is 17.8 Å². The summed E-state index contributed by atoms with van der Waals surface area (Å²) >= 11 is 1.72. The summed E-state index contributed by atoms with van der Waals surface area (Å²) in [7, 11) is 0. The Hall–Kier alpha value is -1.80. The molecule has 3 amide bonds. The highest BCUT2D eigenvalue weighted by atomic mass is 32.2. The zero-order valence-electron chi connectivity index (χ0n) is 23.5. The summed E-state index contributed by atoms with van der Waals surface area (Å²) in [5.74, 6) is -1.03. The average molecular weight is 546 g/mol. The maximum absolute atomic E-state index is 14.7. The molecule has 1 saturated carbocycles. The van der Waals surface area contributed by atoms with Crippen molar-refractivity contribution < 1.29 is 19.5 Å². The van der Waals surface area contributed by atoms with Crippen LogP contribution in [0.25, 0.3) is 0 Å². The van der Waals surface area contributed by atoms with E-state index in [2.05, 4.69) is 20.1 Å². The van der Waals surface area contributed by atoms with Crippen molar-refractivity contribution in [2.45, 2.75) is 100 Å². The molecule has 3 saturated heterocycles. The predicted molar refractivity (Wildman–Crippen MR) is 153 cm³/mol. The van der Waals surface area contributed by atoms with Gasteiger partial charge in [0.05, 0.1) is 29.2 Å². The average Bonchev–Trinajstić information content (AvgIpc) is 3.51. The molecule has 1 spiro atoms. The Morgan fingerprint density at radius 3 is 2.42 bits per heavy atom. The van der Waals surface area contributed by atoms with Crippen LogP contribution in [0.1, 0.15) is 72.1 Å². The van der Waals surface area contributed by atoms with Gasteiger partial charge in [-0.1, -0.05) is 52.2 Å². The Balaban J connectivity index is 1.79. The number of amides is 3. The van der Waals surface area contributed by atoms with Gasteiger partial charge < -0.3 is 19.8 Å². The van der Waals surface area contributed by atoms with Gasteiger partial charge in [-0.25, -0.2) is 0 Å². The van der Waals surface area contributed by atoms with Gasteiger partial charge in [0.15, 0.2) is 0 Å². The van der Waals surface area contributed by atoms with Gasteiger partial charge in [-0.05, 0) is 38.0 Å². The first-order valence-corrected chi connectivity index (χ1v) is 15.6. The normalized spacial score (nSPS) is 33.2. The molecule has 4 aliphatic rings. The van der Waals surface area contributed by atoms with Crippen molar-refractivity contribution in [2.24, 2.45) is 17.8 Å². The monoisotopic (exact) mass is 545 g/mol. The Bertz CT molecular complexity index is 917. The van der Waals surface area contributed by atoms with E-state index in [0.29, 0.717) is 26.1 Å². The fourth-order valence-corrected chi connectivity index (χ4v) is 10.3.